The lowest BCUT2D eigenvalue weighted by Gasteiger charge is -2.21. The van der Waals surface area contributed by atoms with E-state index in [1.165, 1.54) is 32.1 Å². The molecule has 21 heavy (non-hydrogen) atoms. The van der Waals surface area contributed by atoms with Crippen LogP contribution in [0.25, 0.3) is 0 Å². The van der Waals surface area contributed by atoms with Crippen LogP contribution >= 0.6 is 11.6 Å². The molecule has 1 aliphatic carbocycles. The highest BCUT2D eigenvalue weighted by atomic mass is 35.5. The first-order chi connectivity index (χ1) is 10.1. The number of amides is 2. The van der Waals surface area contributed by atoms with Crippen molar-refractivity contribution < 1.29 is 9.59 Å². The quantitative estimate of drug-likeness (QED) is 0.837. The molecule has 5 heteroatoms. The SMILES string of the molecule is O=C(CCC1CCCCC1)NNC(=O)c1ccc(Cl)cc1. The number of carbonyl (C=O) groups excluding carboxylic acids is 2. The molecular formula is C16H21ClN2O2. The van der Waals surface area contributed by atoms with E-state index in [2.05, 4.69) is 10.9 Å². The van der Waals surface area contributed by atoms with Crippen LogP contribution in [0.4, 0.5) is 0 Å². The number of halogens is 1. The van der Waals surface area contributed by atoms with E-state index in [4.69, 9.17) is 11.6 Å². The average molecular weight is 309 g/mol. The summed E-state index contributed by atoms with van der Waals surface area (Å²) >= 11 is 5.76. The Bertz CT molecular complexity index is 482. The molecule has 0 radical (unpaired) electrons. The van der Waals surface area contributed by atoms with Crippen LogP contribution in [0.5, 0.6) is 0 Å². The second-order valence-electron chi connectivity index (χ2n) is 5.55. The number of carbonyl (C=O) groups is 2. The largest absolute Gasteiger partial charge is 0.273 e. The first-order valence-corrected chi connectivity index (χ1v) is 7.87. The van der Waals surface area contributed by atoms with Gasteiger partial charge in [0, 0.05) is 17.0 Å². The van der Waals surface area contributed by atoms with Crippen molar-refractivity contribution in [3.63, 3.8) is 0 Å². The molecule has 0 unspecified atom stereocenters. The molecule has 114 valence electrons. The van der Waals surface area contributed by atoms with Crippen molar-refractivity contribution in [3.8, 4) is 0 Å². The Kier molecular flexibility index (Phi) is 6.05. The maximum absolute atomic E-state index is 11.8. The van der Waals surface area contributed by atoms with Crippen molar-refractivity contribution in [2.45, 2.75) is 44.9 Å². The summed E-state index contributed by atoms with van der Waals surface area (Å²) < 4.78 is 0. The smallest absolute Gasteiger partial charge is 0.269 e. The van der Waals surface area contributed by atoms with Gasteiger partial charge in [-0.2, -0.15) is 0 Å². The molecule has 1 fully saturated rings. The van der Waals surface area contributed by atoms with Gasteiger partial charge in [-0.3, -0.25) is 20.4 Å². The number of nitrogens with one attached hydrogen (secondary N) is 2. The Balaban J connectivity index is 1.68. The van der Waals surface area contributed by atoms with Gasteiger partial charge < -0.3 is 0 Å². The van der Waals surface area contributed by atoms with Crippen LogP contribution in [-0.2, 0) is 4.79 Å². The van der Waals surface area contributed by atoms with E-state index in [-0.39, 0.29) is 11.8 Å². The molecule has 1 saturated carbocycles. The Labute approximate surface area is 130 Å². The van der Waals surface area contributed by atoms with Crippen LogP contribution in [0, 0.1) is 5.92 Å². The highest BCUT2D eigenvalue weighted by Crippen LogP contribution is 2.27. The fourth-order valence-corrected chi connectivity index (χ4v) is 2.80. The van der Waals surface area contributed by atoms with Crippen molar-refractivity contribution in [2.75, 3.05) is 0 Å². The third kappa shape index (κ3) is 5.38. The summed E-state index contributed by atoms with van der Waals surface area (Å²) in [6.45, 7) is 0. The number of hydrogen-bond acceptors (Lipinski definition) is 2. The van der Waals surface area contributed by atoms with Gasteiger partial charge in [0.15, 0.2) is 0 Å². The Morgan fingerprint density at radius 2 is 1.71 bits per heavy atom. The lowest BCUT2D eigenvalue weighted by molar-refractivity contribution is -0.122. The Morgan fingerprint density at radius 3 is 2.38 bits per heavy atom. The molecule has 2 amide bonds. The summed E-state index contributed by atoms with van der Waals surface area (Å²) in [6.07, 6.45) is 7.70. The maximum atomic E-state index is 11.8. The summed E-state index contributed by atoms with van der Waals surface area (Å²) in [5.74, 6) is 0.192. The maximum Gasteiger partial charge on any atom is 0.269 e. The molecule has 0 aromatic heterocycles. The highest BCUT2D eigenvalue weighted by Gasteiger charge is 2.15. The van der Waals surface area contributed by atoms with Crippen LogP contribution < -0.4 is 10.9 Å². The molecule has 2 rings (SSSR count). The van der Waals surface area contributed by atoms with E-state index in [0.29, 0.717) is 22.9 Å². The summed E-state index contributed by atoms with van der Waals surface area (Å²) in [5.41, 5.74) is 5.35. The fraction of sp³-hybridized carbons (Fsp3) is 0.500. The summed E-state index contributed by atoms with van der Waals surface area (Å²) in [5, 5.41) is 0.572. The lowest BCUT2D eigenvalue weighted by Crippen LogP contribution is -2.41. The molecule has 0 atom stereocenters. The summed E-state index contributed by atoms with van der Waals surface area (Å²) in [6, 6.07) is 6.51. The molecule has 0 spiro atoms. The molecule has 0 aliphatic heterocycles. The van der Waals surface area contributed by atoms with Gasteiger partial charge in [-0.1, -0.05) is 43.7 Å². The zero-order valence-electron chi connectivity index (χ0n) is 12.0. The van der Waals surface area contributed by atoms with Gasteiger partial charge in [0.1, 0.15) is 0 Å². The van der Waals surface area contributed by atoms with E-state index in [9.17, 15) is 9.59 Å². The molecule has 1 aromatic rings. The van der Waals surface area contributed by atoms with Crippen LogP contribution in [0.1, 0.15) is 55.3 Å². The number of hydrazine groups is 1. The predicted octanol–water partition coefficient (Wildman–Crippen LogP) is 3.46. The van der Waals surface area contributed by atoms with Gasteiger partial charge in [-0.25, -0.2) is 0 Å². The Hall–Kier alpha value is -1.55. The molecular weight excluding hydrogens is 288 g/mol. The average Bonchev–Trinajstić information content (AvgIpc) is 2.52. The first kappa shape index (κ1) is 15.8. The number of benzene rings is 1. The minimum absolute atomic E-state index is 0.136. The topological polar surface area (TPSA) is 58.2 Å². The molecule has 4 nitrogen and oxygen atoms in total. The molecule has 2 N–H and O–H groups in total. The third-order valence-corrected chi connectivity index (χ3v) is 4.18. The van der Waals surface area contributed by atoms with Gasteiger partial charge in [0.25, 0.3) is 5.91 Å². The molecule has 1 aromatic carbocycles. The van der Waals surface area contributed by atoms with Crippen LogP contribution in [0.2, 0.25) is 5.02 Å². The zero-order chi connectivity index (χ0) is 15.1. The van der Waals surface area contributed by atoms with Crippen LogP contribution in [0.3, 0.4) is 0 Å². The number of hydrogen-bond donors (Lipinski definition) is 2. The predicted molar refractivity (Wildman–Crippen MR) is 82.9 cm³/mol. The van der Waals surface area contributed by atoms with E-state index >= 15 is 0 Å². The standard InChI is InChI=1S/C16H21ClN2O2/c17-14-9-7-13(8-10-14)16(21)19-18-15(20)11-6-12-4-2-1-3-5-12/h7-10,12H,1-6,11H2,(H,18,20)(H,19,21). The second-order valence-corrected chi connectivity index (χ2v) is 5.99. The van der Waals surface area contributed by atoms with Crippen molar-refractivity contribution in [2.24, 2.45) is 5.92 Å². The van der Waals surface area contributed by atoms with E-state index < -0.39 is 0 Å². The van der Waals surface area contributed by atoms with Crippen molar-refractivity contribution in [1.29, 1.82) is 0 Å². The zero-order valence-corrected chi connectivity index (χ0v) is 12.8. The van der Waals surface area contributed by atoms with Crippen molar-refractivity contribution >= 4 is 23.4 Å². The van der Waals surface area contributed by atoms with E-state index in [1.54, 1.807) is 24.3 Å². The minimum atomic E-state index is -0.335. The normalized spacial score (nSPS) is 15.5. The van der Waals surface area contributed by atoms with Crippen molar-refractivity contribution in [3.05, 3.63) is 34.9 Å². The van der Waals surface area contributed by atoms with Crippen LogP contribution in [0.15, 0.2) is 24.3 Å². The van der Waals surface area contributed by atoms with Crippen molar-refractivity contribution in [1.82, 2.24) is 10.9 Å². The highest BCUT2D eigenvalue weighted by molar-refractivity contribution is 6.30. The molecule has 0 saturated heterocycles. The second kappa shape index (κ2) is 8.03. The lowest BCUT2D eigenvalue weighted by atomic mass is 9.86. The summed E-state index contributed by atoms with van der Waals surface area (Å²) in [4.78, 5) is 23.5. The van der Waals surface area contributed by atoms with Gasteiger partial charge >= 0.3 is 0 Å². The third-order valence-electron chi connectivity index (χ3n) is 3.93. The van der Waals surface area contributed by atoms with Gasteiger partial charge in [-0.05, 0) is 36.6 Å². The van der Waals surface area contributed by atoms with Crippen LogP contribution in [-0.4, -0.2) is 11.8 Å². The minimum Gasteiger partial charge on any atom is -0.273 e. The first-order valence-electron chi connectivity index (χ1n) is 7.50. The van der Waals surface area contributed by atoms with Gasteiger partial charge in [0.2, 0.25) is 5.91 Å². The molecule has 1 aliphatic rings. The summed E-state index contributed by atoms with van der Waals surface area (Å²) in [7, 11) is 0. The number of rotatable bonds is 4. The fourth-order valence-electron chi connectivity index (χ4n) is 2.67. The van der Waals surface area contributed by atoms with Gasteiger partial charge in [-0.15, -0.1) is 0 Å². The van der Waals surface area contributed by atoms with E-state index in [0.717, 1.165) is 6.42 Å². The van der Waals surface area contributed by atoms with E-state index in [1.807, 2.05) is 0 Å². The molecule has 0 bridgehead atoms. The monoisotopic (exact) mass is 308 g/mol. The Morgan fingerprint density at radius 1 is 1.05 bits per heavy atom. The molecule has 0 heterocycles. The van der Waals surface area contributed by atoms with Gasteiger partial charge in [0.05, 0.1) is 0 Å².